The quantitative estimate of drug-likeness (QED) is 0.663. The number of ether oxygens (including phenoxy) is 3. The molecule has 0 atom stereocenters. The highest BCUT2D eigenvalue weighted by Gasteiger charge is 2.08. The number of anilines is 1. The Balaban J connectivity index is 1.74. The average molecular weight is 358 g/mol. The van der Waals surface area contributed by atoms with Crippen LogP contribution < -0.4 is 24.8 Å². The van der Waals surface area contributed by atoms with E-state index in [1.165, 1.54) is 0 Å². The van der Waals surface area contributed by atoms with Crippen molar-refractivity contribution in [3.63, 3.8) is 0 Å². The zero-order chi connectivity index (χ0) is 18.8. The zero-order valence-corrected chi connectivity index (χ0v) is 15.5. The van der Waals surface area contributed by atoms with Crippen molar-refractivity contribution in [2.24, 2.45) is 0 Å². The zero-order valence-electron chi connectivity index (χ0n) is 15.5. The molecule has 0 unspecified atom stereocenters. The van der Waals surface area contributed by atoms with Gasteiger partial charge < -0.3 is 24.8 Å². The summed E-state index contributed by atoms with van der Waals surface area (Å²) in [4.78, 5) is 12.0. The molecule has 2 rings (SSSR count). The fraction of sp³-hybridized carbons (Fsp3) is 0.350. The Morgan fingerprint density at radius 1 is 1.00 bits per heavy atom. The molecule has 0 radical (unpaired) electrons. The molecule has 140 valence electrons. The summed E-state index contributed by atoms with van der Waals surface area (Å²) in [7, 11) is 0. The third kappa shape index (κ3) is 6.55. The van der Waals surface area contributed by atoms with Gasteiger partial charge in [-0.25, -0.2) is 4.79 Å². The van der Waals surface area contributed by atoms with Gasteiger partial charge in [-0.1, -0.05) is 12.1 Å². The van der Waals surface area contributed by atoms with Gasteiger partial charge in [0.05, 0.1) is 24.9 Å². The number of nitrogens with one attached hydrogen (secondary N) is 2. The second-order valence-electron chi connectivity index (χ2n) is 5.80. The summed E-state index contributed by atoms with van der Waals surface area (Å²) >= 11 is 0. The smallest absolute Gasteiger partial charge is 0.319 e. The lowest BCUT2D eigenvalue weighted by Gasteiger charge is -2.15. The van der Waals surface area contributed by atoms with Gasteiger partial charge in [0, 0.05) is 0 Å². The molecule has 0 bridgehead atoms. The van der Waals surface area contributed by atoms with Crippen LogP contribution in [0.4, 0.5) is 10.5 Å². The van der Waals surface area contributed by atoms with Crippen LogP contribution in [0.1, 0.15) is 20.8 Å². The molecule has 0 fully saturated rings. The summed E-state index contributed by atoms with van der Waals surface area (Å²) in [5.74, 6) is 2.18. The first-order valence-corrected chi connectivity index (χ1v) is 8.74. The molecule has 0 aliphatic rings. The Bertz CT molecular complexity index is 686. The first-order valence-electron chi connectivity index (χ1n) is 8.74. The van der Waals surface area contributed by atoms with E-state index >= 15 is 0 Å². The van der Waals surface area contributed by atoms with Gasteiger partial charge in [-0.15, -0.1) is 0 Å². The Morgan fingerprint density at radius 2 is 1.65 bits per heavy atom. The van der Waals surface area contributed by atoms with E-state index in [0.717, 1.165) is 11.5 Å². The van der Waals surface area contributed by atoms with Crippen LogP contribution >= 0.6 is 0 Å². The number of urea groups is 1. The van der Waals surface area contributed by atoms with E-state index < -0.39 is 0 Å². The molecular formula is C20H26N2O4. The van der Waals surface area contributed by atoms with Crippen molar-refractivity contribution < 1.29 is 19.0 Å². The lowest BCUT2D eigenvalue weighted by molar-refractivity contribution is 0.240. The highest BCUT2D eigenvalue weighted by Crippen LogP contribution is 2.24. The number of carbonyl (C=O) groups is 1. The van der Waals surface area contributed by atoms with Gasteiger partial charge in [0.2, 0.25) is 0 Å². The van der Waals surface area contributed by atoms with Crippen LogP contribution in [0, 0.1) is 0 Å². The van der Waals surface area contributed by atoms with Gasteiger partial charge in [0.15, 0.2) is 0 Å². The minimum atomic E-state index is -0.305. The number of rotatable bonds is 9. The molecule has 2 aromatic rings. The van der Waals surface area contributed by atoms with Crippen LogP contribution in [-0.2, 0) is 0 Å². The number of hydrogen-bond acceptors (Lipinski definition) is 4. The van der Waals surface area contributed by atoms with Crippen LogP contribution in [0.5, 0.6) is 17.2 Å². The van der Waals surface area contributed by atoms with Crippen LogP contribution in [0.15, 0.2) is 48.5 Å². The van der Waals surface area contributed by atoms with Crippen molar-refractivity contribution in [1.29, 1.82) is 0 Å². The van der Waals surface area contributed by atoms with E-state index in [1.54, 1.807) is 6.07 Å². The lowest BCUT2D eigenvalue weighted by Crippen LogP contribution is -2.32. The summed E-state index contributed by atoms with van der Waals surface area (Å²) in [6, 6.07) is 14.4. The summed E-state index contributed by atoms with van der Waals surface area (Å²) < 4.78 is 16.6. The number of benzene rings is 2. The number of hydrogen-bond donors (Lipinski definition) is 2. The van der Waals surface area contributed by atoms with Crippen LogP contribution in [0.2, 0.25) is 0 Å². The van der Waals surface area contributed by atoms with Crippen LogP contribution in [0.3, 0.4) is 0 Å². The highest BCUT2D eigenvalue weighted by molar-refractivity contribution is 5.90. The fourth-order valence-corrected chi connectivity index (χ4v) is 2.23. The Morgan fingerprint density at radius 3 is 2.31 bits per heavy atom. The van der Waals surface area contributed by atoms with Crippen molar-refractivity contribution in [2.75, 3.05) is 25.1 Å². The monoisotopic (exact) mass is 358 g/mol. The summed E-state index contributed by atoms with van der Waals surface area (Å²) in [6.45, 7) is 7.20. The summed E-state index contributed by atoms with van der Waals surface area (Å²) in [5, 5.41) is 5.55. The molecule has 2 amide bonds. The molecule has 0 aliphatic carbocycles. The predicted octanol–water partition coefficient (Wildman–Crippen LogP) is 4.07. The molecule has 0 aromatic heterocycles. The van der Waals surface area contributed by atoms with E-state index in [0.29, 0.717) is 31.2 Å². The molecule has 0 saturated carbocycles. The van der Waals surface area contributed by atoms with Gasteiger partial charge in [-0.2, -0.15) is 0 Å². The molecular weight excluding hydrogens is 332 g/mol. The molecule has 6 nitrogen and oxygen atoms in total. The molecule has 0 spiro atoms. The van der Waals surface area contributed by atoms with Crippen molar-refractivity contribution in [1.82, 2.24) is 5.32 Å². The number of para-hydroxylation sites is 2. The van der Waals surface area contributed by atoms with Gasteiger partial charge in [0.1, 0.15) is 23.9 Å². The van der Waals surface area contributed by atoms with Gasteiger partial charge in [-0.3, -0.25) is 0 Å². The third-order valence-electron chi connectivity index (χ3n) is 3.29. The molecule has 6 heteroatoms. The molecule has 0 heterocycles. The Labute approximate surface area is 154 Å². The SMILES string of the molecule is CCOc1ccc(OCCNC(=O)Nc2ccccc2OC(C)C)cc1. The minimum absolute atomic E-state index is 0.0310. The Kier molecular flexibility index (Phi) is 7.61. The van der Waals surface area contributed by atoms with Crippen molar-refractivity contribution in [3.05, 3.63) is 48.5 Å². The van der Waals surface area contributed by atoms with Gasteiger partial charge in [-0.05, 0) is 57.2 Å². The minimum Gasteiger partial charge on any atom is -0.494 e. The molecule has 26 heavy (non-hydrogen) atoms. The summed E-state index contributed by atoms with van der Waals surface area (Å²) in [6.07, 6.45) is 0.0310. The van der Waals surface area contributed by atoms with Crippen molar-refractivity contribution >= 4 is 11.7 Å². The maximum absolute atomic E-state index is 12.0. The van der Waals surface area contributed by atoms with Crippen molar-refractivity contribution in [3.8, 4) is 17.2 Å². The normalized spacial score (nSPS) is 10.3. The second kappa shape index (κ2) is 10.2. The first-order chi connectivity index (χ1) is 12.6. The first kappa shape index (κ1) is 19.4. The van der Waals surface area contributed by atoms with E-state index in [1.807, 2.05) is 63.2 Å². The third-order valence-corrected chi connectivity index (χ3v) is 3.29. The molecule has 2 aromatic carbocycles. The maximum atomic E-state index is 12.0. The molecule has 0 aliphatic heterocycles. The average Bonchev–Trinajstić information content (AvgIpc) is 2.62. The van der Waals surface area contributed by atoms with Crippen LogP contribution in [0.25, 0.3) is 0 Å². The topological polar surface area (TPSA) is 68.8 Å². The number of amides is 2. The molecule has 0 saturated heterocycles. The largest absolute Gasteiger partial charge is 0.494 e. The van der Waals surface area contributed by atoms with Gasteiger partial charge >= 0.3 is 6.03 Å². The lowest BCUT2D eigenvalue weighted by atomic mass is 10.3. The second-order valence-corrected chi connectivity index (χ2v) is 5.80. The fourth-order valence-electron chi connectivity index (χ4n) is 2.23. The van der Waals surface area contributed by atoms with E-state index in [4.69, 9.17) is 14.2 Å². The maximum Gasteiger partial charge on any atom is 0.319 e. The highest BCUT2D eigenvalue weighted by atomic mass is 16.5. The van der Waals surface area contributed by atoms with Crippen molar-refractivity contribution in [2.45, 2.75) is 26.9 Å². The predicted molar refractivity (Wildman–Crippen MR) is 102 cm³/mol. The molecule has 2 N–H and O–H groups in total. The van der Waals surface area contributed by atoms with E-state index in [9.17, 15) is 4.79 Å². The van der Waals surface area contributed by atoms with E-state index in [2.05, 4.69) is 10.6 Å². The number of carbonyl (C=O) groups excluding carboxylic acids is 1. The standard InChI is InChI=1S/C20H26N2O4/c1-4-24-16-9-11-17(12-10-16)25-14-13-21-20(23)22-18-7-5-6-8-19(18)26-15(2)3/h5-12,15H,4,13-14H2,1-3H3,(H2,21,22,23). The van der Waals surface area contributed by atoms with Gasteiger partial charge in [0.25, 0.3) is 0 Å². The van der Waals surface area contributed by atoms with Crippen LogP contribution in [-0.4, -0.2) is 31.9 Å². The Hall–Kier alpha value is -2.89. The summed E-state index contributed by atoms with van der Waals surface area (Å²) in [5.41, 5.74) is 0.631. The van der Waals surface area contributed by atoms with E-state index in [-0.39, 0.29) is 12.1 Å².